The number of carbonyl (C=O) groups is 2. The van der Waals surface area contributed by atoms with Gasteiger partial charge in [-0.3, -0.25) is 9.59 Å². The van der Waals surface area contributed by atoms with Crippen molar-refractivity contribution in [3.05, 3.63) is 60.2 Å². The van der Waals surface area contributed by atoms with E-state index in [1.165, 1.54) is 24.3 Å². The highest BCUT2D eigenvalue weighted by atomic mass is 32.2. The standard InChI is InChI=1S/C19H21N3O5S/c23-18-14-22(11-9-20-18)28(25,26)17-8-4-5-15(13-17)19(24)21-10-12-27-16-6-2-1-3-7-16/h1-8,13H,9-12,14H2,(H,20,23)(H,21,24). The van der Waals surface area contributed by atoms with E-state index in [0.717, 1.165) is 4.31 Å². The van der Waals surface area contributed by atoms with E-state index in [2.05, 4.69) is 10.6 Å². The molecule has 0 atom stereocenters. The highest BCUT2D eigenvalue weighted by Gasteiger charge is 2.29. The summed E-state index contributed by atoms with van der Waals surface area (Å²) in [7, 11) is -3.84. The van der Waals surface area contributed by atoms with E-state index < -0.39 is 15.9 Å². The average molecular weight is 403 g/mol. The number of amides is 2. The van der Waals surface area contributed by atoms with Crippen LogP contribution >= 0.6 is 0 Å². The maximum absolute atomic E-state index is 12.7. The molecule has 0 bridgehead atoms. The molecule has 0 spiro atoms. The Balaban J connectivity index is 1.60. The van der Waals surface area contributed by atoms with Gasteiger partial charge < -0.3 is 15.4 Å². The monoisotopic (exact) mass is 403 g/mol. The third kappa shape index (κ3) is 4.87. The second kappa shape index (κ2) is 8.85. The van der Waals surface area contributed by atoms with Crippen molar-refractivity contribution >= 4 is 21.8 Å². The fourth-order valence-electron chi connectivity index (χ4n) is 2.72. The quantitative estimate of drug-likeness (QED) is 0.660. The number of benzene rings is 2. The smallest absolute Gasteiger partial charge is 0.251 e. The van der Waals surface area contributed by atoms with Crippen LogP contribution in [0.15, 0.2) is 59.5 Å². The summed E-state index contributed by atoms with van der Waals surface area (Å²) in [4.78, 5) is 23.8. The summed E-state index contributed by atoms with van der Waals surface area (Å²) in [6, 6.07) is 15.0. The van der Waals surface area contributed by atoms with Crippen molar-refractivity contribution in [1.29, 1.82) is 0 Å². The van der Waals surface area contributed by atoms with Gasteiger partial charge in [0.1, 0.15) is 12.4 Å². The zero-order valence-electron chi connectivity index (χ0n) is 15.1. The van der Waals surface area contributed by atoms with E-state index in [1.54, 1.807) is 0 Å². The van der Waals surface area contributed by atoms with E-state index in [0.29, 0.717) is 5.75 Å². The van der Waals surface area contributed by atoms with Gasteiger partial charge >= 0.3 is 0 Å². The first-order valence-electron chi connectivity index (χ1n) is 8.80. The number of piperazine rings is 1. The predicted molar refractivity (Wildman–Crippen MR) is 102 cm³/mol. The Morgan fingerprint density at radius 2 is 1.93 bits per heavy atom. The van der Waals surface area contributed by atoms with Gasteiger partial charge in [-0.05, 0) is 30.3 Å². The molecule has 1 heterocycles. The van der Waals surface area contributed by atoms with Crippen LogP contribution in [0.4, 0.5) is 0 Å². The van der Waals surface area contributed by atoms with Crippen molar-refractivity contribution in [2.45, 2.75) is 4.90 Å². The Labute approximate surface area is 163 Å². The van der Waals surface area contributed by atoms with Gasteiger partial charge in [0.15, 0.2) is 0 Å². The van der Waals surface area contributed by atoms with Crippen molar-refractivity contribution in [3.63, 3.8) is 0 Å². The second-order valence-corrected chi connectivity index (χ2v) is 8.07. The fourth-order valence-corrected chi connectivity index (χ4v) is 4.16. The number of hydrogen-bond acceptors (Lipinski definition) is 5. The van der Waals surface area contributed by atoms with Crippen LogP contribution in [0.25, 0.3) is 0 Å². The normalized spacial score (nSPS) is 14.9. The summed E-state index contributed by atoms with van der Waals surface area (Å²) < 4.78 is 32.1. The summed E-state index contributed by atoms with van der Waals surface area (Å²) in [5.41, 5.74) is 0.224. The lowest BCUT2D eigenvalue weighted by Gasteiger charge is -2.26. The number of sulfonamides is 1. The molecule has 8 nitrogen and oxygen atoms in total. The van der Waals surface area contributed by atoms with Gasteiger partial charge in [-0.25, -0.2) is 8.42 Å². The van der Waals surface area contributed by atoms with Crippen LogP contribution in [0.2, 0.25) is 0 Å². The second-order valence-electron chi connectivity index (χ2n) is 6.13. The third-order valence-corrected chi connectivity index (χ3v) is 5.98. The molecule has 1 aliphatic heterocycles. The third-order valence-electron chi connectivity index (χ3n) is 4.14. The summed E-state index contributed by atoms with van der Waals surface area (Å²) in [5, 5.41) is 5.28. The Morgan fingerprint density at radius 3 is 2.68 bits per heavy atom. The van der Waals surface area contributed by atoms with Crippen molar-refractivity contribution in [3.8, 4) is 5.75 Å². The molecule has 2 amide bonds. The summed E-state index contributed by atoms with van der Waals surface area (Å²) in [6.07, 6.45) is 0. The maximum atomic E-state index is 12.7. The maximum Gasteiger partial charge on any atom is 0.251 e. The average Bonchev–Trinajstić information content (AvgIpc) is 2.72. The zero-order valence-corrected chi connectivity index (χ0v) is 15.9. The number of para-hydroxylation sites is 1. The van der Waals surface area contributed by atoms with Crippen LogP contribution < -0.4 is 15.4 Å². The number of nitrogens with zero attached hydrogens (tertiary/aromatic N) is 1. The molecule has 1 saturated heterocycles. The highest BCUT2D eigenvalue weighted by molar-refractivity contribution is 7.89. The molecule has 2 aromatic rings. The molecule has 0 aromatic heterocycles. The molecule has 148 valence electrons. The van der Waals surface area contributed by atoms with Crippen LogP contribution in [-0.4, -0.2) is 57.3 Å². The van der Waals surface area contributed by atoms with Gasteiger partial charge in [-0.1, -0.05) is 24.3 Å². The molecule has 28 heavy (non-hydrogen) atoms. The molecule has 3 rings (SSSR count). The van der Waals surface area contributed by atoms with Crippen LogP contribution in [0.5, 0.6) is 5.75 Å². The van der Waals surface area contributed by atoms with Crippen molar-refractivity contribution < 1.29 is 22.7 Å². The summed E-state index contributed by atoms with van der Waals surface area (Å²) in [6.45, 7) is 0.796. The minimum Gasteiger partial charge on any atom is -0.492 e. The largest absolute Gasteiger partial charge is 0.492 e. The van der Waals surface area contributed by atoms with E-state index in [1.807, 2.05) is 30.3 Å². The molecule has 1 aliphatic rings. The van der Waals surface area contributed by atoms with Gasteiger partial charge in [0.25, 0.3) is 5.91 Å². The topological polar surface area (TPSA) is 105 Å². The Kier molecular flexibility index (Phi) is 6.27. The van der Waals surface area contributed by atoms with Crippen molar-refractivity contribution in [2.75, 3.05) is 32.8 Å². The van der Waals surface area contributed by atoms with E-state index >= 15 is 0 Å². The van der Waals surface area contributed by atoms with Crippen LogP contribution in [0.3, 0.4) is 0 Å². The lowest BCUT2D eigenvalue weighted by Crippen LogP contribution is -2.49. The molecule has 1 fully saturated rings. The summed E-state index contributed by atoms with van der Waals surface area (Å²) in [5.74, 6) is -0.0392. The van der Waals surface area contributed by atoms with E-state index in [4.69, 9.17) is 4.74 Å². The predicted octanol–water partition coefficient (Wildman–Crippen LogP) is 0.616. The SMILES string of the molecule is O=C1CN(S(=O)(=O)c2cccc(C(=O)NCCOc3ccccc3)c2)CCN1. The van der Waals surface area contributed by atoms with Crippen molar-refractivity contribution in [1.82, 2.24) is 14.9 Å². The first-order chi connectivity index (χ1) is 13.5. The molecular formula is C19H21N3O5S. The molecular weight excluding hydrogens is 382 g/mol. The first-order valence-corrected chi connectivity index (χ1v) is 10.2. The number of ether oxygens (including phenoxy) is 1. The molecule has 9 heteroatoms. The number of nitrogens with one attached hydrogen (secondary N) is 2. The van der Waals surface area contributed by atoms with Crippen molar-refractivity contribution in [2.24, 2.45) is 0 Å². The van der Waals surface area contributed by atoms with E-state index in [-0.39, 0.29) is 49.2 Å². The van der Waals surface area contributed by atoms with Gasteiger partial charge in [-0.2, -0.15) is 4.31 Å². The molecule has 0 saturated carbocycles. The lowest BCUT2D eigenvalue weighted by molar-refractivity contribution is -0.122. The molecule has 0 unspecified atom stereocenters. The Morgan fingerprint density at radius 1 is 1.14 bits per heavy atom. The van der Waals surface area contributed by atoms with Crippen LogP contribution in [-0.2, 0) is 14.8 Å². The Hall–Kier alpha value is -2.91. The van der Waals surface area contributed by atoms with Crippen LogP contribution in [0.1, 0.15) is 10.4 Å². The number of hydrogen-bond donors (Lipinski definition) is 2. The lowest BCUT2D eigenvalue weighted by atomic mass is 10.2. The van der Waals surface area contributed by atoms with Gasteiger partial charge in [-0.15, -0.1) is 0 Å². The zero-order chi connectivity index (χ0) is 20.0. The van der Waals surface area contributed by atoms with Crippen LogP contribution in [0, 0.1) is 0 Å². The van der Waals surface area contributed by atoms with Gasteiger partial charge in [0, 0.05) is 18.7 Å². The Bertz CT molecular complexity index is 947. The minimum atomic E-state index is -3.84. The minimum absolute atomic E-state index is 0.0182. The first kappa shape index (κ1) is 19.8. The van der Waals surface area contributed by atoms with Gasteiger partial charge in [0.05, 0.1) is 18.0 Å². The number of carbonyl (C=O) groups excluding carboxylic acids is 2. The highest BCUT2D eigenvalue weighted by Crippen LogP contribution is 2.18. The fraction of sp³-hybridized carbons (Fsp3) is 0.263. The summed E-state index contributed by atoms with van der Waals surface area (Å²) >= 11 is 0. The molecule has 2 N–H and O–H groups in total. The molecule has 0 aliphatic carbocycles. The molecule has 0 radical (unpaired) electrons. The van der Waals surface area contributed by atoms with Gasteiger partial charge in [0.2, 0.25) is 15.9 Å². The van der Waals surface area contributed by atoms with E-state index in [9.17, 15) is 18.0 Å². The number of rotatable bonds is 7. The molecule has 2 aromatic carbocycles.